The van der Waals surface area contributed by atoms with E-state index < -0.39 is 5.82 Å². The van der Waals surface area contributed by atoms with Gasteiger partial charge in [0.2, 0.25) is 0 Å². The Balaban J connectivity index is 1.49. The zero-order valence-corrected chi connectivity index (χ0v) is 18.1. The molecule has 1 atom stereocenters. The normalized spacial score (nSPS) is 19.0. The Kier molecular flexibility index (Phi) is 6.41. The number of piperidine rings is 1. The standard InChI is InChI=1S/C21H25ClFN5O3/c1-14-19(24-25-28(14)18-8-7-15(22)12-17(18)23)20(29)27-11-3-2-6-16(27)13-31-21(30)26-9-4-5-10-26/h7-8,12,16H,2-6,9-11,13H2,1H3. The molecule has 0 saturated carbocycles. The second-order valence-corrected chi connectivity index (χ2v) is 8.39. The van der Waals surface area contributed by atoms with Crippen molar-refractivity contribution in [2.24, 2.45) is 0 Å². The van der Waals surface area contributed by atoms with Crippen LogP contribution in [0, 0.1) is 12.7 Å². The third kappa shape index (κ3) is 4.51. The maximum absolute atomic E-state index is 14.3. The largest absolute Gasteiger partial charge is 0.447 e. The van der Waals surface area contributed by atoms with Gasteiger partial charge in [-0.1, -0.05) is 16.8 Å². The van der Waals surface area contributed by atoms with Gasteiger partial charge in [0, 0.05) is 24.7 Å². The van der Waals surface area contributed by atoms with Gasteiger partial charge in [0.25, 0.3) is 5.91 Å². The summed E-state index contributed by atoms with van der Waals surface area (Å²) in [4.78, 5) is 28.9. The summed E-state index contributed by atoms with van der Waals surface area (Å²) >= 11 is 5.83. The first-order chi connectivity index (χ1) is 15.0. The minimum Gasteiger partial charge on any atom is -0.447 e. The van der Waals surface area contributed by atoms with Crippen LogP contribution in [-0.2, 0) is 4.74 Å². The molecule has 31 heavy (non-hydrogen) atoms. The molecule has 2 fully saturated rings. The van der Waals surface area contributed by atoms with E-state index in [0.717, 1.165) is 45.2 Å². The number of amides is 2. The zero-order chi connectivity index (χ0) is 22.0. The molecular formula is C21H25ClFN5O3. The van der Waals surface area contributed by atoms with Crippen molar-refractivity contribution < 1.29 is 18.7 Å². The first-order valence-electron chi connectivity index (χ1n) is 10.6. The van der Waals surface area contributed by atoms with Crippen LogP contribution < -0.4 is 0 Å². The smallest absolute Gasteiger partial charge is 0.409 e. The maximum Gasteiger partial charge on any atom is 0.409 e. The van der Waals surface area contributed by atoms with Crippen molar-refractivity contribution in [1.29, 1.82) is 0 Å². The van der Waals surface area contributed by atoms with Crippen molar-refractivity contribution in [3.05, 3.63) is 40.4 Å². The average Bonchev–Trinajstić information content (AvgIpc) is 3.42. The van der Waals surface area contributed by atoms with Crippen LogP contribution >= 0.6 is 11.6 Å². The minimum absolute atomic E-state index is 0.153. The van der Waals surface area contributed by atoms with E-state index in [0.29, 0.717) is 12.2 Å². The molecule has 1 aromatic carbocycles. The number of likely N-dealkylation sites (tertiary alicyclic amines) is 2. The van der Waals surface area contributed by atoms with Crippen molar-refractivity contribution in [3.8, 4) is 5.69 Å². The van der Waals surface area contributed by atoms with Crippen LogP contribution in [0.4, 0.5) is 9.18 Å². The molecule has 0 aliphatic carbocycles. The molecule has 1 aromatic heterocycles. The van der Waals surface area contributed by atoms with Gasteiger partial charge < -0.3 is 14.5 Å². The Labute approximate surface area is 184 Å². The van der Waals surface area contributed by atoms with Crippen molar-refractivity contribution in [3.63, 3.8) is 0 Å². The van der Waals surface area contributed by atoms with Gasteiger partial charge in [0.05, 0.1) is 11.7 Å². The number of carbonyl (C=O) groups is 2. The average molecular weight is 450 g/mol. The van der Waals surface area contributed by atoms with Gasteiger partial charge in [0.15, 0.2) is 5.69 Å². The van der Waals surface area contributed by atoms with Crippen LogP contribution in [0.15, 0.2) is 18.2 Å². The Bertz CT molecular complexity index is 976. The number of carbonyl (C=O) groups excluding carboxylic acids is 2. The second kappa shape index (κ2) is 9.21. The highest BCUT2D eigenvalue weighted by molar-refractivity contribution is 6.30. The number of benzene rings is 1. The van der Waals surface area contributed by atoms with E-state index in [2.05, 4.69) is 10.3 Å². The Morgan fingerprint density at radius 1 is 1.19 bits per heavy atom. The van der Waals surface area contributed by atoms with E-state index in [1.165, 1.54) is 16.8 Å². The predicted octanol–water partition coefficient (Wildman–Crippen LogP) is 3.60. The van der Waals surface area contributed by atoms with Crippen molar-refractivity contribution >= 4 is 23.6 Å². The fraction of sp³-hybridized carbons (Fsp3) is 0.524. The van der Waals surface area contributed by atoms with Crippen molar-refractivity contribution in [2.45, 2.75) is 45.1 Å². The molecule has 4 rings (SSSR count). The highest BCUT2D eigenvalue weighted by atomic mass is 35.5. The van der Waals surface area contributed by atoms with E-state index in [1.807, 2.05) is 0 Å². The molecule has 0 bridgehead atoms. The van der Waals surface area contributed by atoms with E-state index in [4.69, 9.17) is 16.3 Å². The van der Waals surface area contributed by atoms with Crippen molar-refractivity contribution in [2.75, 3.05) is 26.2 Å². The number of ether oxygens (including phenoxy) is 1. The number of nitrogens with zero attached hydrogens (tertiary/aromatic N) is 5. The van der Waals surface area contributed by atoms with Crippen LogP contribution in [-0.4, -0.2) is 69.1 Å². The fourth-order valence-corrected chi connectivity index (χ4v) is 4.30. The second-order valence-electron chi connectivity index (χ2n) is 7.95. The van der Waals surface area contributed by atoms with Gasteiger partial charge in [-0.15, -0.1) is 5.10 Å². The molecule has 0 spiro atoms. The molecule has 8 nitrogen and oxygen atoms in total. The molecule has 2 amide bonds. The highest BCUT2D eigenvalue weighted by Crippen LogP contribution is 2.24. The first kappa shape index (κ1) is 21.5. The monoisotopic (exact) mass is 449 g/mol. The third-order valence-electron chi connectivity index (χ3n) is 5.89. The number of rotatable bonds is 4. The zero-order valence-electron chi connectivity index (χ0n) is 17.4. The SMILES string of the molecule is Cc1c(C(=O)N2CCCCC2COC(=O)N2CCCC2)nnn1-c1ccc(Cl)cc1F. The lowest BCUT2D eigenvalue weighted by Crippen LogP contribution is -2.47. The predicted molar refractivity (Wildman–Crippen MR) is 112 cm³/mol. The lowest BCUT2D eigenvalue weighted by Gasteiger charge is -2.35. The molecule has 2 aliphatic heterocycles. The molecular weight excluding hydrogens is 425 g/mol. The third-order valence-corrected chi connectivity index (χ3v) is 6.12. The molecule has 10 heteroatoms. The molecule has 3 heterocycles. The van der Waals surface area contributed by atoms with Gasteiger partial charge in [-0.25, -0.2) is 13.9 Å². The van der Waals surface area contributed by atoms with Crippen molar-refractivity contribution in [1.82, 2.24) is 24.8 Å². The summed E-state index contributed by atoms with van der Waals surface area (Å²) in [6.45, 7) is 3.81. The van der Waals surface area contributed by atoms with E-state index in [-0.39, 0.29) is 41.1 Å². The van der Waals surface area contributed by atoms with Crippen LogP contribution in [0.3, 0.4) is 0 Å². The van der Waals surface area contributed by atoms with Gasteiger partial charge >= 0.3 is 6.09 Å². The summed E-state index contributed by atoms with van der Waals surface area (Å²) in [6.07, 6.45) is 4.23. The number of aromatic nitrogens is 3. The summed E-state index contributed by atoms with van der Waals surface area (Å²) < 4.78 is 21.1. The first-order valence-corrected chi connectivity index (χ1v) is 10.9. The van der Waals surface area contributed by atoms with Crippen LogP contribution in [0.25, 0.3) is 5.69 Å². The van der Waals surface area contributed by atoms with Crippen LogP contribution in [0.2, 0.25) is 5.02 Å². The molecule has 0 radical (unpaired) electrons. The Hall–Kier alpha value is -2.68. The number of hydrogen-bond donors (Lipinski definition) is 0. The van der Waals surface area contributed by atoms with E-state index >= 15 is 0 Å². The summed E-state index contributed by atoms with van der Waals surface area (Å²) in [5.74, 6) is -0.843. The molecule has 2 aliphatic rings. The summed E-state index contributed by atoms with van der Waals surface area (Å²) in [6, 6.07) is 4.02. The molecule has 166 valence electrons. The summed E-state index contributed by atoms with van der Waals surface area (Å²) in [5.41, 5.74) is 0.764. The quantitative estimate of drug-likeness (QED) is 0.712. The van der Waals surface area contributed by atoms with Gasteiger partial charge in [-0.05, 0) is 57.2 Å². The highest BCUT2D eigenvalue weighted by Gasteiger charge is 2.32. The molecule has 0 N–H and O–H groups in total. The lowest BCUT2D eigenvalue weighted by atomic mass is 10.0. The van der Waals surface area contributed by atoms with Gasteiger partial charge in [0.1, 0.15) is 18.1 Å². The number of hydrogen-bond acceptors (Lipinski definition) is 5. The van der Waals surface area contributed by atoms with Gasteiger partial charge in [-0.2, -0.15) is 0 Å². The van der Waals surface area contributed by atoms with Gasteiger partial charge in [-0.3, -0.25) is 4.79 Å². The van der Waals surface area contributed by atoms with E-state index in [1.54, 1.807) is 22.8 Å². The fourth-order valence-electron chi connectivity index (χ4n) is 4.14. The minimum atomic E-state index is -0.552. The molecule has 1 unspecified atom stereocenters. The molecule has 2 saturated heterocycles. The molecule has 2 aromatic rings. The topological polar surface area (TPSA) is 80.6 Å². The summed E-state index contributed by atoms with van der Waals surface area (Å²) in [7, 11) is 0. The van der Waals surface area contributed by atoms with E-state index in [9.17, 15) is 14.0 Å². The lowest BCUT2D eigenvalue weighted by molar-refractivity contribution is 0.0387. The summed E-state index contributed by atoms with van der Waals surface area (Å²) in [5, 5.41) is 8.29. The van der Waals surface area contributed by atoms with Crippen LogP contribution in [0.1, 0.15) is 48.3 Å². The van der Waals surface area contributed by atoms with Crippen LogP contribution in [0.5, 0.6) is 0 Å². The Morgan fingerprint density at radius 3 is 2.68 bits per heavy atom. The number of halogens is 2. The maximum atomic E-state index is 14.3. The Morgan fingerprint density at radius 2 is 1.94 bits per heavy atom.